The molecule has 5 heteroatoms. The van der Waals surface area contributed by atoms with Crippen molar-refractivity contribution in [2.75, 3.05) is 0 Å². The van der Waals surface area contributed by atoms with Gasteiger partial charge in [0, 0.05) is 6.20 Å². The van der Waals surface area contributed by atoms with Crippen molar-refractivity contribution >= 4 is 23.2 Å². The average molecular weight is 296 g/mol. The van der Waals surface area contributed by atoms with Crippen LogP contribution in [0.4, 0.5) is 0 Å². The topological polar surface area (TPSA) is 50.9 Å². The number of hydrazine groups is 1. The summed E-state index contributed by atoms with van der Waals surface area (Å²) in [5.41, 5.74) is 5.85. The lowest BCUT2D eigenvalue weighted by Crippen LogP contribution is -2.30. The van der Waals surface area contributed by atoms with E-state index >= 15 is 0 Å². The van der Waals surface area contributed by atoms with Gasteiger partial charge in [-0.15, -0.1) is 0 Å². The van der Waals surface area contributed by atoms with Crippen LogP contribution in [0.1, 0.15) is 22.9 Å². The molecule has 0 aliphatic heterocycles. The molecule has 0 radical (unpaired) electrons. The van der Waals surface area contributed by atoms with Crippen molar-refractivity contribution in [2.24, 2.45) is 5.84 Å². The highest BCUT2D eigenvalue weighted by molar-refractivity contribution is 6.34. The largest absolute Gasteiger partial charge is 0.271 e. The Labute approximate surface area is 122 Å². The Hall–Kier alpha value is -1.13. The van der Waals surface area contributed by atoms with E-state index in [-0.39, 0.29) is 6.04 Å². The van der Waals surface area contributed by atoms with Gasteiger partial charge in [0.05, 0.1) is 21.8 Å². The zero-order chi connectivity index (χ0) is 13.8. The third-order valence-corrected chi connectivity index (χ3v) is 3.40. The predicted octanol–water partition coefficient (Wildman–Crippen LogP) is 3.44. The standard InChI is InChI=1S/C14H15Cl2N3/c1-9-3-2-4-10(5-9)6-13(19-17)14-12(16)7-11(15)8-18-14/h2-5,7-8,13,19H,6,17H2,1H3. The second-order valence-corrected chi connectivity index (χ2v) is 5.28. The molecule has 0 bridgehead atoms. The van der Waals surface area contributed by atoms with Crippen LogP contribution in [0.5, 0.6) is 0 Å². The molecule has 3 nitrogen and oxygen atoms in total. The van der Waals surface area contributed by atoms with Crippen molar-refractivity contribution in [3.05, 3.63) is 63.4 Å². The van der Waals surface area contributed by atoms with E-state index in [0.717, 1.165) is 0 Å². The zero-order valence-corrected chi connectivity index (χ0v) is 12.0. The summed E-state index contributed by atoms with van der Waals surface area (Å²) in [7, 11) is 0. The van der Waals surface area contributed by atoms with Crippen molar-refractivity contribution in [3.63, 3.8) is 0 Å². The predicted molar refractivity (Wildman–Crippen MR) is 79.2 cm³/mol. The zero-order valence-electron chi connectivity index (χ0n) is 10.5. The number of aryl methyl sites for hydroxylation is 1. The molecule has 1 heterocycles. The molecule has 1 unspecified atom stereocenters. The third-order valence-electron chi connectivity index (χ3n) is 2.89. The average Bonchev–Trinajstić information content (AvgIpc) is 2.37. The first-order valence-electron chi connectivity index (χ1n) is 5.92. The van der Waals surface area contributed by atoms with Gasteiger partial charge in [0.25, 0.3) is 0 Å². The van der Waals surface area contributed by atoms with Crippen molar-refractivity contribution in [1.82, 2.24) is 10.4 Å². The summed E-state index contributed by atoms with van der Waals surface area (Å²) in [5.74, 6) is 5.62. The molecular weight excluding hydrogens is 281 g/mol. The number of halogens is 2. The molecule has 3 N–H and O–H groups in total. The van der Waals surface area contributed by atoms with E-state index in [4.69, 9.17) is 29.0 Å². The smallest absolute Gasteiger partial charge is 0.0777 e. The lowest BCUT2D eigenvalue weighted by Gasteiger charge is -2.17. The van der Waals surface area contributed by atoms with Gasteiger partial charge >= 0.3 is 0 Å². The van der Waals surface area contributed by atoms with Crippen LogP contribution in [-0.2, 0) is 6.42 Å². The third kappa shape index (κ3) is 3.67. The van der Waals surface area contributed by atoms with Crippen LogP contribution in [0.25, 0.3) is 0 Å². The number of pyridine rings is 1. The highest BCUT2D eigenvalue weighted by atomic mass is 35.5. The maximum Gasteiger partial charge on any atom is 0.0777 e. The van der Waals surface area contributed by atoms with Crippen molar-refractivity contribution < 1.29 is 0 Å². The molecule has 19 heavy (non-hydrogen) atoms. The number of nitrogens with two attached hydrogens (primary N) is 1. The SMILES string of the molecule is Cc1cccc(CC(NN)c2ncc(Cl)cc2Cl)c1. The van der Waals surface area contributed by atoms with Gasteiger partial charge in [-0.1, -0.05) is 53.0 Å². The molecule has 1 aromatic carbocycles. The number of rotatable bonds is 4. The quantitative estimate of drug-likeness (QED) is 0.671. The molecule has 0 spiro atoms. The van der Waals surface area contributed by atoms with Crippen molar-refractivity contribution in [2.45, 2.75) is 19.4 Å². The fourth-order valence-electron chi connectivity index (χ4n) is 1.99. The van der Waals surface area contributed by atoms with E-state index in [1.807, 2.05) is 6.07 Å². The van der Waals surface area contributed by atoms with Gasteiger partial charge in [-0.2, -0.15) is 0 Å². The molecule has 0 aliphatic carbocycles. The Morgan fingerprint density at radius 2 is 2.11 bits per heavy atom. The summed E-state index contributed by atoms with van der Waals surface area (Å²) >= 11 is 12.0. The first-order valence-corrected chi connectivity index (χ1v) is 6.68. The number of hydrogen-bond acceptors (Lipinski definition) is 3. The van der Waals surface area contributed by atoms with Gasteiger partial charge in [-0.3, -0.25) is 16.3 Å². The summed E-state index contributed by atoms with van der Waals surface area (Å²) in [6.07, 6.45) is 2.29. The van der Waals surface area contributed by atoms with Crippen molar-refractivity contribution in [1.29, 1.82) is 0 Å². The Morgan fingerprint density at radius 3 is 2.74 bits per heavy atom. The summed E-state index contributed by atoms with van der Waals surface area (Å²) in [6.45, 7) is 2.06. The summed E-state index contributed by atoms with van der Waals surface area (Å²) < 4.78 is 0. The van der Waals surface area contributed by atoms with Gasteiger partial charge in [0.2, 0.25) is 0 Å². The Bertz CT molecular complexity index is 572. The second kappa shape index (κ2) is 6.35. The summed E-state index contributed by atoms with van der Waals surface area (Å²) in [4.78, 5) is 4.26. The van der Waals surface area contributed by atoms with Gasteiger partial charge in [0.1, 0.15) is 0 Å². The molecule has 100 valence electrons. The van der Waals surface area contributed by atoms with Crippen LogP contribution in [-0.4, -0.2) is 4.98 Å². The maximum absolute atomic E-state index is 6.16. The van der Waals surface area contributed by atoms with Crippen molar-refractivity contribution in [3.8, 4) is 0 Å². The van der Waals surface area contributed by atoms with Gasteiger partial charge in [0.15, 0.2) is 0 Å². The minimum atomic E-state index is -0.147. The summed E-state index contributed by atoms with van der Waals surface area (Å²) in [6, 6.07) is 9.78. The molecule has 0 saturated heterocycles. The normalized spacial score (nSPS) is 12.4. The molecule has 2 aromatic rings. The first kappa shape index (κ1) is 14.3. The van der Waals surface area contributed by atoms with Gasteiger partial charge < -0.3 is 0 Å². The lowest BCUT2D eigenvalue weighted by molar-refractivity contribution is 0.538. The molecule has 2 rings (SSSR count). The molecule has 0 amide bonds. The number of nitrogens with zero attached hydrogens (tertiary/aromatic N) is 1. The first-order chi connectivity index (χ1) is 9.10. The lowest BCUT2D eigenvalue weighted by atomic mass is 10.0. The molecule has 0 aliphatic rings. The van der Waals surface area contributed by atoms with Crippen LogP contribution < -0.4 is 11.3 Å². The van der Waals surface area contributed by atoms with E-state index in [9.17, 15) is 0 Å². The van der Waals surface area contributed by atoms with Crippen LogP contribution in [0, 0.1) is 6.92 Å². The molecular formula is C14H15Cl2N3. The minimum Gasteiger partial charge on any atom is -0.271 e. The van der Waals surface area contributed by atoms with E-state index in [1.165, 1.54) is 11.1 Å². The van der Waals surface area contributed by atoms with E-state index in [2.05, 4.69) is 35.5 Å². The summed E-state index contributed by atoms with van der Waals surface area (Å²) in [5, 5.41) is 1.03. The molecule has 1 aromatic heterocycles. The van der Waals surface area contributed by atoms with Crippen LogP contribution in [0.3, 0.4) is 0 Å². The molecule has 0 fully saturated rings. The highest BCUT2D eigenvalue weighted by Crippen LogP contribution is 2.25. The second-order valence-electron chi connectivity index (χ2n) is 4.43. The number of hydrogen-bond donors (Lipinski definition) is 2. The fraction of sp³-hybridized carbons (Fsp3) is 0.214. The Morgan fingerprint density at radius 1 is 1.32 bits per heavy atom. The fourth-order valence-corrected chi connectivity index (χ4v) is 2.50. The Kier molecular flexibility index (Phi) is 4.77. The highest BCUT2D eigenvalue weighted by Gasteiger charge is 2.16. The monoisotopic (exact) mass is 295 g/mol. The Balaban J connectivity index is 2.25. The minimum absolute atomic E-state index is 0.147. The molecule has 0 saturated carbocycles. The van der Waals surface area contributed by atoms with Gasteiger partial charge in [-0.25, -0.2) is 0 Å². The van der Waals surface area contributed by atoms with Crippen LogP contribution in [0.15, 0.2) is 36.5 Å². The van der Waals surface area contributed by atoms with E-state index in [1.54, 1.807) is 12.3 Å². The number of nitrogens with one attached hydrogen (secondary N) is 1. The van der Waals surface area contributed by atoms with Gasteiger partial charge in [-0.05, 0) is 25.0 Å². The van der Waals surface area contributed by atoms with E-state index < -0.39 is 0 Å². The molecule has 1 atom stereocenters. The number of benzene rings is 1. The maximum atomic E-state index is 6.16. The van der Waals surface area contributed by atoms with E-state index in [0.29, 0.717) is 22.2 Å². The van der Waals surface area contributed by atoms with Crippen LogP contribution >= 0.6 is 23.2 Å². The van der Waals surface area contributed by atoms with Crippen LogP contribution in [0.2, 0.25) is 10.0 Å². The number of aromatic nitrogens is 1.